The average Bonchev–Trinajstić information content (AvgIpc) is 2.87. The minimum atomic E-state index is -3.56. The van der Waals surface area contributed by atoms with E-state index in [1.807, 2.05) is 14.0 Å². The maximum atomic E-state index is 14.5. The number of carbonyl (C=O) groups excluding carboxylic acids is 1. The third kappa shape index (κ3) is 6.37. The van der Waals surface area contributed by atoms with Crippen LogP contribution in [0.1, 0.15) is 98.7 Å². The summed E-state index contributed by atoms with van der Waals surface area (Å²) in [6.07, 6.45) is 12.1. The Morgan fingerprint density at radius 2 is 1.64 bits per heavy atom. The quantitative estimate of drug-likeness (QED) is 0.203. The lowest BCUT2D eigenvalue weighted by Crippen LogP contribution is -2.26. The summed E-state index contributed by atoms with van der Waals surface area (Å²) in [6, 6.07) is 5.51. The van der Waals surface area contributed by atoms with Gasteiger partial charge in [0.15, 0.2) is 6.29 Å². The van der Waals surface area contributed by atoms with Crippen LogP contribution in [-0.2, 0) is 23.5 Å². The molecule has 0 amide bonds. The van der Waals surface area contributed by atoms with Gasteiger partial charge in [-0.15, -0.1) is 0 Å². The number of carbonyl (C=O) groups is 1. The molecule has 0 aliphatic heterocycles. The van der Waals surface area contributed by atoms with E-state index in [2.05, 4.69) is 6.92 Å². The molecule has 2 aliphatic carbocycles. The standard InChI is InChI=1S/C18H14F4O.C12H24O/c1-2-3-10-4-6-12-13-7-5-11(9-23)17(20)15(13)18(21,22)8-14(12)16(10)19;1-3-4-5-6-11-7-9-12(13-2)10-8-11/h4-7,9H,2-3,8H2,1H3;11-12H,3-10H2,1-2H3. The smallest absolute Gasteiger partial charge is 0.280 e. The fourth-order valence-electron chi connectivity index (χ4n) is 5.47. The van der Waals surface area contributed by atoms with E-state index in [-0.39, 0.29) is 23.0 Å². The highest BCUT2D eigenvalue weighted by atomic mass is 19.3. The molecule has 0 heterocycles. The highest BCUT2D eigenvalue weighted by Gasteiger charge is 2.43. The number of aryl methyl sites for hydroxylation is 1. The molecule has 2 nitrogen and oxygen atoms in total. The molecule has 2 aliphatic rings. The molecule has 0 spiro atoms. The van der Waals surface area contributed by atoms with Gasteiger partial charge in [0.25, 0.3) is 5.92 Å². The van der Waals surface area contributed by atoms with Crippen LogP contribution in [0, 0.1) is 17.6 Å². The second-order valence-corrected chi connectivity index (χ2v) is 10.1. The molecule has 0 aromatic heterocycles. The number of unbranched alkanes of at least 4 members (excludes halogenated alkanes) is 2. The lowest BCUT2D eigenvalue weighted by Gasteiger charge is -2.29. The monoisotopic (exact) mass is 506 g/mol. The lowest BCUT2D eigenvalue weighted by molar-refractivity contribution is -0.00921. The third-order valence-corrected chi connectivity index (χ3v) is 7.54. The van der Waals surface area contributed by atoms with Gasteiger partial charge in [-0.25, -0.2) is 17.6 Å². The molecule has 2 aromatic rings. The highest BCUT2D eigenvalue weighted by Crippen LogP contribution is 2.48. The molecule has 198 valence electrons. The van der Waals surface area contributed by atoms with Crippen LogP contribution < -0.4 is 0 Å². The van der Waals surface area contributed by atoms with Crippen molar-refractivity contribution in [1.82, 2.24) is 0 Å². The number of hydrogen-bond donors (Lipinski definition) is 0. The maximum Gasteiger partial charge on any atom is 0.280 e. The third-order valence-electron chi connectivity index (χ3n) is 7.54. The van der Waals surface area contributed by atoms with E-state index < -0.39 is 35.1 Å². The molecule has 4 rings (SSSR count). The van der Waals surface area contributed by atoms with Crippen molar-refractivity contribution in [3.05, 3.63) is 58.2 Å². The summed E-state index contributed by atoms with van der Waals surface area (Å²) in [5.74, 6) is -4.42. The zero-order valence-electron chi connectivity index (χ0n) is 21.6. The molecule has 1 saturated carbocycles. The summed E-state index contributed by atoms with van der Waals surface area (Å²) in [5, 5.41) is 0. The lowest BCUT2D eigenvalue weighted by atomic mass is 9.80. The average molecular weight is 507 g/mol. The van der Waals surface area contributed by atoms with Gasteiger partial charge in [0, 0.05) is 19.1 Å². The number of alkyl halides is 2. The Hall–Kier alpha value is -2.21. The van der Waals surface area contributed by atoms with Crippen LogP contribution in [-0.4, -0.2) is 19.5 Å². The molecule has 0 radical (unpaired) electrons. The number of aldehydes is 1. The molecule has 0 saturated heterocycles. The largest absolute Gasteiger partial charge is 0.381 e. The summed E-state index contributed by atoms with van der Waals surface area (Å²) in [4.78, 5) is 10.8. The van der Waals surface area contributed by atoms with Crippen molar-refractivity contribution < 1.29 is 27.1 Å². The summed E-state index contributed by atoms with van der Waals surface area (Å²) in [7, 11) is 1.85. The fourth-order valence-corrected chi connectivity index (χ4v) is 5.47. The molecule has 0 atom stereocenters. The number of rotatable bonds is 8. The van der Waals surface area contributed by atoms with E-state index >= 15 is 0 Å². The Kier molecular flexibility index (Phi) is 10.1. The van der Waals surface area contributed by atoms with Crippen LogP contribution in [0.4, 0.5) is 17.6 Å². The summed E-state index contributed by atoms with van der Waals surface area (Å²) >= 11 is 0. The van der Waals surface area contributed by atoms with Crippen LogP contribution in [0.25, 0.3) is 11.1 Å². The summed E-state index contributed by atoms with van der Waals surface area (Å²) in [6.45, 7) is 4.15. The van der Waals surface area contributed by atoms with Crippen molar-refractivity contribution in [2.75, 3.05) is 7.11 Å². The zero-order valence-corrected chi connectivity index (χ0v) is 21.6. The molecular weight excluding hydrogens is 468 g/mol. The first-order valence-electron chi connectivity index (χ1n) is 13.3. The Balaban J connectivity index is 0.000000236. The van der Waals surface area contributed by atoms with Gasteiger partial charge in [-0.1, -0.05) is 64.2 Å². The van der Waals surface area contributed by atoms with Gasteiger partial charge in [0.2, 0.25) is 0 Å². The van der Waals surface area contributed by atoms with E-state index in [0.29, 0.717) is 24.5 Å². The Bertz CT molecular complexity index is 1020. The van der Waals surface area contributed by atoms with E-state index in [4.69, 9.17) is 4.74 Å². The molecular formula is C30H38F4O2. The van der Waals surface area contributed by atoms with Crippen LogP contribution in [0.3, 0.4) is 0 Å². The second kappa shape index (κ2) is 12.8. The van der Waals surface area contributed by atoms with Gasteiger partial charge in [-0.2, -0.15) is 0 Å². The number of methoxy groups -OCH3 is 1. The number of hydrogen-bond acceptors (Lipinski definition) is 2. The van der Waals surface area contributed by atoms with Crippen molar-refractivity contribution in [3.8, 4) is 11.1 Å². The minimum Gasteiger partial charge on any atom is -0.381 e. The van der Waals surface area contributed by atoms with Crippen molar-refractivity contribution >= 4 is 6.29 Å². The van der Waals surface area contributed by atoms with Crippen LogP contribution in [0.5, 0.6) is 0 Å². The molecule has 2 aromatic carbocycles. The first kappa shape index (κ1) is 28.4. The first-order valence-corrected chi connectivity index (χ1v) is 13.3. The van der Waals surface area contributed by atoms with Crippen molar-refractivity contribution in [2.24, 2.45) is 5.92 Å². The Morgan fingerprint density at radius 3 is 2.25 bits per heavy atom. The van der Waals surface area contributed by atoms with E-state index in [9.17, 15) is 22.4 Å². The predicted molar refractivity (Wildman–Crippen MR) is 136 cm³/mol. The van der Waals surface area contributed by atoms with Crippen molar-refractivity contribution in [1.29, 1.82) is 0 Å². The number of halogens is 4. The zero-order chi connectivity index (χ0) is 26.3. The van der Waals surface area contributed by atoms with Crippen LogP contribution >= 0.6 is 0 Å². The van der Waals surface area contributed by atoms with Crippen molar-refractivity contribution in [2.45, 2.75) is 96.5 Å². The molecule has 0 bridgehead atoms. The highest BCUT2D eigenvalue weighted by molar-refractivity contribution is 5.82. The first-order chi connectivity index (χ1) is 17.3. The normalized spacial score (nSPS) is 20.1. The van der Waals surface area contributed by atoms with Crippen molar-refractivity contribution in [3.63, 3.8) is 0 Å². The number of benzene rings is 2. The van der Waals surface area contributed by atoms with Crippen LogP contribution in [0.15, 0.2) is 24.3 Å². The van der Waals surface area contributed by atoms with Gasteiger partial charge >= 0.3 is 0 Å². The molecule has 0 N–H and O–H groups in total. The van der Waals surface area contributed by atoms with Crippen LogP contribution in [0.2, 0.25) is 0 Å². The topological polar surface area (TPSA) is 26.3 Å². The maximum absolute atomic E-state index is 14.5. The van der Waals surface area contributed by atoms with E-state index in [1.54, 1.807) is 12.1 Å². The van der Waals surface area contributed by atoms with E-state index in [0.717, 1.165) is 12.0 Å². The van der Waals surface area contributed by atoms with E-state index in [1.165, 1.54) is 57.4 Å². The summed E-state index contributed by atoms with van der Waals surface area (Å²) in [5.41, 5.74) is -0.740. The molecule has 1 fully saturated rings. The summed E-state index contributed by atoms with van der Waals surface area (Å²) < 4.78 is 63.0. The molecule has 36 heavy (non-hydrogen) atoms. The van der Waals surface area contributed by atoms with Gasteiger partial charge in [0.1, 0.15) is 11.6 Å². The SMILES string of the molecule is CCCCCC1CCC(OC)CC1.CCCc1ccc2c(c1F)CC(F)(F)c1c-2ccc(C=O)c1F. The predicted octanol–water partition coefficient (Wildman–Crippen LogP) is 8.82. The fraction of sp³-hybridized carbons (Fsp3) is 0.567. The molecule has 0 unspecified atom stereocenters. The van der Waals surface area contributed by atoms with Gasteiger partial charge in [-0.3, -0.25) is 4.79 Å². The second-order valence-electron chi connectivity index (χ2n) is 10.1. The number of ether oxygens (including phenoxy) is 1. The van der Waals surface area contributed by atoms with Gasteiger partial charge in [0.05, 0.1) is 17.2 Å². The van der Waals surface area contributed by atoms with Gasteiger partial charge < -0.3 is 4.74 Å². The van der Waals surface area contributed by atoms with Gasteiger partial charge in [-0.05, 0) is 60.8 Å². The number of fused-ring (bicyclic) bond motifs is 3. The Labute approximate surface area is 212 Å². The molecule has 6 heteroatoms. The minimum absolute atomic E-state index is 0.0544. The Morgan fingerprint density at radius 1 is 0.944 bits per heavy atom.